The van der Waals surface area contributed by atoms with E-state index in [4.69, 9.17) is 0 Å². The molecule has 1 heterocycles. The predicted octanol–water partition coefficient (Wildman–Crippen LogP) is 3.15. The number of ketones is 1. The zero-order valence-corrected chi connectivity index (χ0v) is 17.5. The van der Waals surface area contributed by atoms with Crippen molar-refractivity contribution in [3.05, 3.63) is 75.6 Å². The van der Waals surface area contributed by atoms with Crippen LogP contribution in [0.15, 0.2) is 48.5 Å². The van der Waals surface area contributed by atoms with Crippen molar-refractivity contribution in [2.24, 2.45) is 11.8 Å². The first-order valence-corrected chi connectivity index (χ1v) is 10.5. The number of benzene rings is 2. The molecule has 2 atom stereocenters. The molecule has 2 aromatic carbocycles. The van der Waals surface area contributed by atoms with Gasteiger partial charge in [-0.05, 0) is 43.2 Å². The number of hydrazine groups is 1. The molecular formula is C23H20FN3O6. The van der Waals surface area contributed by atoms with Gasteiger partial charge in [-0.15, -0.1) is 0 Å². The average Bonchev–Trinajstić information content (AvgIpc) is 3.07. The number of imide groups is 1. The van der Waals surface area contributed by atoms with Crippen molar-refractivity contribution < 1.29 is 28.5 Å². The topological polar surface area (TPSA) is 118 Å². The summed E-state index contributed by atoms with van der Waals surface area (Å²) in [6.45, 7) is -0.663. The van der Waals surface area contributed by atoms with E-state index in [1.54, 1.807) is 0 Å². The van der Waals surface area contributed by atoms with Gasteiger partial charge in [0.05, 0.1) is 16.8 Å². The minimum absolute atomic E-state index is 0.0877. The lowest BCUT2D eigenvalue weighted by molar-refractivity contribution is -0.384. The third-order valence-corrected chi connectivity index (χ3v) is 6.06. The van der Waals surface area contributed by atoms with E-state index in [9.17, 15) is 33.7 Å². The number of rotatable bonds is 6. The molecule has 10 heteroatoms. The Morgan fingerprint density at radius 3 is 2.18 bits per heavy atom. The Balaban J connectivity index is 1.71. The van der Waals surface area contributed by atoms with E-state index in [1.165, 1.54) is 30.3 Å². The number of nitrogens with zero attached hydrogens (tertiary/aromatic N) is 3. The van der Waals surface area contributed by atoms with Crippen molar-refractivity contribution >= 4 is 29.2 Å². The molecule has 1 aliphatic heterocycles. The largest absolute Gasteiger partial charge is 0.292 e. The third kappa shape index (κ3) is 4.23. The molecule has 2 aliphatic rings. The van der Waals surface area contributed by atoms with Gasteiger partial charge in [0, 0.05) is 23.3 Å². The van der Waals surface area contributed by atoms with E-state index < -0.39 is 52.6 Å². The molecule has 170 valence electrons. The Morgan fingerprint density at radius 2 is 1.61 bits per heavy atom. The fourth-order valence-electron chi connectivity index (χ4n) is 4.38. The molecule has 0 aromatic heterocycles. The Bertz CT molecular complexity index is 1130. The molecule has 0 bridgehead atoms. The SMILES string of the molecule is O=C(CN(C(=O)c1cccc([N+](=O)[O-])c1)N1C(=O)[C@H]2CCCC[C@H]2C1=O)c1ccc(F)cc1. The molecule has 3 amide bonds. The summed E-state index contributed by atoms with van der Waals surface area (Å²) >= 11 is 0. The molecule has 0 unspecified atom stereocenters. The molecule has 0 N–H and O–H groups in total. The van der Waals surface area contributed by atoms with E-state index in [0.29, 0.717) is 12.8 Å². The number of carbonyl (C=O) groups excluding carboxylic acids is 4. The zero-order valence-electron chi connectivity index (χ0n) is 17.5. The summed E-state index contributed by atoms with van der Waals surface area (Å²) in [5, 5.41) is 12.6. The fourth-order valence-corrected chi connectivity index (χ4v) is 4.38. The van der Waals surface area contributed by atoms with E-state index in [1.807, 2.05) is 0 Å². The van der Waals surface area contributed by atoms with Crippen LogP contribution in [-0.2, 0) is 9.59 Å². The van der Waals surface area contributed by atoms with Crippen molar-refractivity contribution in [2.45, 2.75) is 25.7 Å². The summed E-state index contributed by atoms with van der Waals surface area (Å²) in [5.41, 5.74) is -0.408. The van der Waals surface area contributed by atoms with Gasteiger partial charge in [0.2, 0.25) is 0 Å². The van der Waals surface area contributed by atoms with Crippen LogP contribution in [0.3, 0.4) is 0 Å². The number of nitro benzene ring substituents is 1. The quantitative estimate of drug-likeness (QED) is 0.287. The smallest absolute Gasteiger partial charge is 0.273 e. The summed E-state index contributed by atoms with van der Waals surface area (Å²) in [6, 6.07) is 9.48. The van der Waals surface area contributed by atoms with Crippen LogP contribution in [0.4, 0.5) is 10.1 Å². The highest BCUT2D eigenvalue weighted by atomic mass is 19.1. The van der Waals surface area contributed by atoms with Gasteiger partial charge < -0.3 is 0 Å². The summed E-state index contributed by atoms with van der Waals surface area (Å²) in [7, 11) is 0. The highest BCUT2D eigenvalue weighted by Gasteiger charge is 2.51. The highest BCUT2D eigenvalue weighted by molar-refractivity contribution is 6.09. The van der Waals surface area contributed by atoms with Crippen LogP contribution in [0.2, 0.25) is 0 Å². The van der Waals surface area contributed by atoms with E-state index >= 15 is 0 Å². The van der Waals surface area contributed by atoms with Crippen molar-refractivity contribution in [1.82, 2.24) is 10.0 Å². The maximum atomic E-state index is 13.4. The van der Waals surface area contributed by atoms with Crippen LogP contribution >= 0.6 is 0 Å². The normalized spacial score (nSPS) is 19.8. The van der Waals surface area contributed by atoms with Crippen LogP contribution in [-0.4, -0.2) is 45.0 Å². The molecule has 1 saturated carbocycles. The average molecular weight is 453 g/mol. The molecule has 0 spiro atoms. The maximum absolute atomic E-state index is 13.4. The number of carbonyl (C=O) groups is 4. The number of non-ortho nitro benzene ring substituents is 1. The molecule has 1 saturated heterocycles. The van der Waals surface area contributed by atoms with Crippen molar-refractivity contribution in [1.29, 1.82) is 0 Å². The number of hydrogen-bond donors (Lipinski definition) is 0. The van der Waals surface area contributed by atoms with E-state index in [0.717, 1.165) is 41.1 Å². The minimum atomic E-state index is -0.894. The monoisotopic (exact) mass is 453 g/mol. The number of halogens is 1. The first-order chi connectivity index (χ1) is 15.8. The Kier molecular flexibility index (Phi) is 5.99. The number of fused-ring (bicyclic) bond motifs is 1. The van der Waals surface area contributed by atoms with Crippen LogP contribution in [0.25, 0.3) is 0 Å². The molecule has 4 rings (SSSR count). The van der Waals surface area contributed by atoms with Gasteiger partial charge in [0.15, 0.2) is 5.78 Å². The predicted molar refractivity (Wildman–Crippen MR) is 112 cm³/mol. The Labute approximate surface area is 187 Å². The lowest BCUT2D eigenvalue weighted by atomic mass is 9.81. The highest BCUT2D eigenvalue weighted by Crippen LogP contribution is 2.39. The first kappa shape index (κ1) is 22.3. The standard InChI is InChI=1S/C23H20FN3O6/c24-16-10-8-14(9-11-16)20(28)13-25(21(29)15-4-3-5-17(12-15)27(32)33)26-22(30)18-6-1-2-7-19(18)23(26)31/h3-5,8-12,18-19H,1-2,6-7,13H2/t18-,19+. The number of nitro groups is 1. The second kappa shape index (κ2) is 8.89. The molecule has 2 aromatic rings. The molecule has 0 radical (unpaired) electrons. The van der Waals surface area contributed by atoms with Gasteiger partial charge in [-0.1, -0.05) is 18.9 Å². The number of Topliss-reactive ketones (excluding diaryl/α,β-unsaturated/α-hetero) is 1. The first-order valence-electron chi connectivity index (χ1n) is 10.5. The fraction of sp³-hybridized carbons (Fsp3) is 0.304. The van der Waals surface area contributed by atoms with Gasteiger partial charge in [-0.25, -0.2) is 9.40 Å². The Morgan fingerprint density at radius 1 is 1.00 bits per heavy atom. The number of hydrogen-bond acceptors (Lipinski definition) is 6. The maximum Gasteiger partial charge on any atom is 0.273 e. The van der Waals surface area contributed by atoms with Crippen LogP contribution in [0.1, 0.15) is 46.4 Å². The van der Waals surface area contributed by atoms with E-state index in [2.05, 4.69) is 0 Å². The summed E-state index contributed by atoms with van der Waals surface area (Å²) in [4.78, 5) is 62.9. The Hall–Kier alpha value is -3.95. The van der Waals surface area contributed by atoms with Crippen LogP contribution in [0, 0.1) is 27.8 Å². The van der Waals surface area contributed by atoms with Gasteiger partial charge in [-0.2, -0.15) is 5.01 Å². The second-order valence-corrected chi connectivity index (χ2v) is 8.09. The van der Waals surface area contributed by atoms with Crippen LogP contribution < -0.4 is 0 Å². The number of amides is 3. The summed E-state index contributed by atoms with van der Waals surface area (Å²) in [5.74, 6) is -4.31. The molecular weight excluding hydrogens is 433 g/mol. The van der Waals surface area contributed by atoms with Gasteiger partial charge in [0.25, 0.3) is 23.4 Å². The van der Waals surface area contributed by atoms with Gasteiger partial charge >= 0.3 is 0 Å². The summed E-state index contributed by atoms with van der Waals surface area (Å²) in [6.07, 6.45) is 2.58. The lowest BCUT2D eigenvalue weighted by Crippen LogP contribution is -2.52. The second-order valence-electron chi connectivity index (χ2n) is 8.09. The zero-order chi connectivity index (χ0) is 23.7. The van der Waals surface area contributed by atoms with Gasteiger partial charge in [-0.3, -0.25) is 29.3 Å². The van der Waals surface area contributed by atoms with E-state index in [-0.39, 0.29) is 16.8 Å². The van der Waals surface area contributed by atoms with Gasteiger partial charge in [0.1, 0.15) is 12.4 Å². The van der Waals surface area contributed by atoms with Crippen molar-refractivity contribution in [3.63, 3.8) is 0 Å². The lowest BCUT2D eigenvalue weighted by Gasteiger charge is -2.30. The van der Waals surface area contributed by atoms with Crippen molar-refractivity contribution in [3.8, 4) is 0 Å². The molecule has 2 fully saturated rings. The third-order valence-electron chi connectivity index (χ3n) is 6.06. The summed E-state index contributed by atoms with van der Waals surface area (Å²) < 4.78 is 13.3. The molecule has 1 aliphatic carbocycles. The van der Waals surface area contributed by atoms with Crippen LogP contribution in [0.5, 0.6) is 0 Å². The minimum Gasteiger partial charge on any atom is -0.292 e. The van der Waals surface area contributed by atoms with Crippen molar-refractivity contribution in [2.75, 3.05) is 6.54 Å². The molecule has 33 heavy (non-hydrogen) atoms. The molecule has 9 nitrogen and oxygen atoms in total.